The summed E-state index contributed by atoms with van der Waals surface area (Å²) in [4.78, 5) is 1.01. The van der Waals surface area contributed by atoms with E-state index in [-0.39, 0.29) is 0 Å². The minimum Gasteiger partial charge on any atom is -0.398 e. The third-order valence-corrected chi connectivity index (χ3v) is 4.84. The molecular formula is C15H16N2OS. The Morgan fingerprint density at radius 3 is 2.32 bits per heavy atom. The average Bonchev–Trinajstić information content (AvgIpc) is 2.42. The third kappa shape index (κ3) is 2.85. The molecule has 3 nitrogen and oxygen atoms in total. The van der Waals surface area contributed by atoms with Gasteiger partial charge < -0.3 is 5.73 Å². The van der Waals surface area contributed by atoms with E-state index < -0.39 is 9.73 Å². The number of nitrogens with one attached hydrogen (secondary N) is 1. The fourth-order valence-electron chi connectivity index (χ4n) is 1.74. The van der Waals surface area contributed by atoms with Crippen molar-refractivity contribution >= 4 is 21.5 Å². The van der Waals surface area contributed by atoms with Gasteiger partial charge in [-0.15, -0.1) is 0 Å². The summed E-state index contributed by atoms with van der Waals surface area (Å²) in [7, 11) is -2.95. The molecule has 2 aromatic rings. The summed E-state index contributed by atoms with van der Waals surface area (Å²) in [6.45, 7) is 1.70. The van der Waals surface area contributed by atoms with Gasteiger partial charge >= 0.3 is 0 Å². The highest BCUT2D eigenvalue weighted by Gasteiger charge is 2.12. The van der Waals surface area contributed by atoms with Crippen LogP contribution in [0.5, 0.6) is 0 Å². The molecule has 2 aromatic carbocycles. The molecule has 1 unspecified atom stereocenters. The van der Waals surface area contributed by atoms with Crippen LogP contribution in [-0.2, 0) is 9.73 Å². The second-order valence-corrected chi connectivity index (χ2v) is 6.48. The van der Waals surface area contributed by atoms with Crippen LogP contribution in [0.25, 0.3) is 6.08 Å². The predicted molar refractivity (Wildman–Crippen MR) is 80.1 cm³/mol. The Balaban J connectivity index is 2.45. The Kier molecular flexibility index (Phi) is 3.71. The second-order valence-electron chi connectivity index (χ2n) is 4.25. The van der Waals surface area contributed by atoms with Crippen molar-refractivity contribution in [1.82, 2.24) is 0 Å². The molecule has 98 valence electrons. The van der Waals surface area contributed by atoms with E-state index in [1.807, 2.05) is 24.3 Å². The van der Waals surface area contributed by atoms with Crippen LogP contribution in [0.2, 0.25) is 0 Å². The lowest BCUT2D eigenvalue weighted by Gasteiger charge is -2.09. The minimum absolute atomic E-state index is 0.497. The molecule has 4 heteroatoms. The molecule has 0 heterocycles. The van der Waals surface area contributed by atoms with E-state index in [1.54, 1.807) is 43.3 Å². The number of nitrogen functional groups attached to an aromatic ring is 1. The van der Waals surface area contributed by atoms with Crippen LogP contribution in [0.3, 0.4) is 0 Å². The van der Waals surface area contributed by atoms with Gasteiger partial charge in [0.15, 0.2) is 0 Å². The maximum Gasteiger partial charge on any atom is 0.0970 e. The molecule has 0 amide bonds. The fraction of sp³-hybridized carbons (Fsp3) is 0.0667. The van der Waals surface area contributed by atoms with Gasteiger partial charge in [-0.3, -0.25) is 0 Å². The van der Waals surface area contributed by atoms with E-state index in [0.717, 1.165) is 5.56 Å². The van der Waals surface area contributed by atoms with Gasteiger partial charge in [0, 0.05) is 10.6 Å². The molecule has 0 aliphatic rings. The van der Waals surface area contributed by atoms with Crippen molar-refractivity contribution in [3.63, 3.8) is 0 Å². The molecule has 2 rings (SSSR count). The number of hydrogen-bond donors (Lipinski definition) is 2. The lowest BCUT2D eigenvalue weighted by molar-refractivity contribution is 0.679. The van der Waals surface area contributed by atoms with E-state index >= 15 is 0 Å². The summed E-state index contributed by atoms with van der Waals surface area (Å²) in [6.07, 6.45) is 1.72. The van der Waals surface area contributed by atoms with E-state index in [1.165, 1.54) is 0 Å². The molecule has 0 aliphatic heterocycles. The molecule has 1 atom stereocenters. The predicted octanol–water partition coefficient (Wildman–Crippen LogP) is 3.74. The first-order valence-electron chi connectivity index (χ1n) is 5.88. The van der Waals surface area contributed by atoms with Crippen LogP contribution in [0.1, 0.15) is 12.5 Å². The third-order valence-electron chi connectivity index (χ3n) is 2.88. The fourth-order valence-corrected chi connectivity index (χ4v) is 2.95. The van der Waals surface area contributed by atoms with Gasteiger partial charge in [-0.2, -0.15) is 0 Å². The molecule has 19 heavy (non-hydrogen) atoms. The quantitative estimate of drug-likeness (QED) is 0.836. The van der Waals surface area contributed by atoms with Crippen molar-refractivity contribution < 1.29 is 4.21 Å². The van der Waals surface area contributed by atoms with Gasteiger partial charge in [0.2, 0.25) is 0 Å². The summed E-state index contributed by atoms with van der Waals surface area (Å²) in [5.74, 6) is 0. The Hall–Kier alpha value is -2.07. The molecule has 0 fully saturated rings. The van der Waals surface area contributed by atoms with Gasteiger partial charge in [0.25, 0.3) is 0 Å². The van der Waals surface area contributed by atoms with Gasteiger partial charge in [-0.05, 0) is 36.8 Å². The number of nitrogens with two attached hydrogens (primary N) is 1. The van der Waals surface area contributed by atoms with E-state index in [0.29, 0.717) is 15.5 Å². The average molecular weight is 272 g/mol. The van der Waals surface area contributed by atoms with Crippen LogP contribution < -0.4 is 5.73 Å². The maximum absolute atomic E-state index is 12.6. The molecule has 0 saturated heterocycles. The highest BCUT2D eigenvalue weighted by Crippen LogP contribution is 2.23. The van der Waals surface area contributed by atoms with Crippen molar-refractivity contribution in [2.24, 2.45) is 0 Å². The van der Waals surface area contributed by atoms with Gasteiger partial charge in [0.05, 0.1) is 14.6 Å². The number of para-hydroxylation sites is 1. The smallest absolute Gasteiger partial charge is 0.0970 e. The largest absolute Gasteiger partial charge is 0.398 e. The van der Waals surface area contributed by atoms with E-state index in [4.69, 9.17) is 10.5 Å². The van der Waals surface area contributed by atoms with Crippen LogP contribution in [0.15, 0.2) is 64.4 Å². The van der Waals surface area contributed by atoms with Gasteiger partial charge in [0.1, 0.15) is 0 Å². The molecule has 0 aliphatic carbocycles. The Bertz CT molecular complexity index is 704. The van der Waals surface area contributed by atoms with E-state index in [2.05, 4.69) is 0 Å². The monoisotopic (exact) mass is 272 g/mol. The van der Waals surface area contributed by atoms with Gasteiger partial charge in [-0.25, -0.2) is 8.99 Å². The Morgan fingerprint density at radius 2 is 1.68 bits per heavy atom. The maximum atomic E-state index is 12.6. The molecular weight excluding hydrogens is 256 g/mol. The molecule has 0 bridgehead atoms. The molecule has 3 N–H and O–H groups in total. The summed E-state index contributed by atoms with van der Waals surface area (Å²) in [5, 5.41) is 0. The number of anilines is 1. The SMILES string of the molecule is CC(=Cc1ccccc1N)S(=N)(=O)c1ccccc1. The first-order chi connectivity index (χ1) is 9.01. The Labute approximate surface area is 113 Å². The molecule has 0 aromatic heterocycles. The standard InChI is InChI=1S/C15H16N2OS/c1-12(11-13-7-5-6-10-15(13)16)19(17,18)14-8-3-2-4-9-14/h2-11,17H,16H2,1H3. The lowest BCUT2D eigenvalue weighted by Crippen LogP contribution is -2.00. The summed E-state index contributed by atoms with van der Waals surface area (Å²) < 4.78 is 20.7. The normalized spacial score (nSPS) is 14.9. The number of allylic oxidation sites excluding steroid dienone is 1. The Morgan fingerprint density at radius 1 is 1.11 bits per heavy atom. The first kappa shape index (κ1) is 13.4. The lowest BCUT2D eigenvalue weighted by atomic mass is 10.2. The van der Waals surface area contributed by atoms with Crippen LogP contribution in [-0.4, -0.2) is 4.21 Å². The molecule has 0 saturated carbocycles. The van der Waals surface area contributed by atoms with Crippen LogP contribution >= 0.6 is 0 Å². The summed E-state index contributed by atoms with van der Waals surface area (Å²) in [5.41, 5.74) is 7.26. The minimum atomic E-state index is -2.95. The zero-order valence-electron chi connectivity index (χ0n) is 10.7. The van der Waals surface area contributed by atoms with Gasteiger partial charge in [-0.1, -0.05) is 36.4 Å². The van der Waals surface area contributed by atoms with Crippen LogP contribution in [0.4, 0.5) is 5.69 Å². The number of rotatable bonds is 3. The van der Waals surface area contributed by atoms with Crippen molar-refractivity contribution in [2.75, 3.05) is 5.73 Å². The second kappa shape index (κ2) is 5.28. The van der Waals surface area contributed by atoms with E-state index in [9.17, 15) is 4.21 Å². The topological polar surface area (TPSA) is 66.9 Å². The zero-order valence-corrected chi connectivity index (χ0v) is 11.5. The number of benzene rings is 2. The first-order valence-corrected chi connectivity index (χ1v) is 7.44. The molecule has 0 radical (unpaired) electrons. The summed E-state index contributed by atoms with van der Waals surface area (Å²) in [6, 6.07) is 16.2. The highest BCUT2D eigenvalue weighted by atomic mass is 32.2. The van der Waals surface area contributed by atoms with Crippen molar-refractivity contribution in [3.05, 3.63) is 65.1 Å². The van der Waals surface area contributed by atoms with Crippen LogP contribution in [0, 0.1) is 4.78 Å². The molecule has 0 spiro atoms. The van der Waals surface area contributed by atoms with Crippen molar-refractivity contribution in [2.45, 2.75) is 11.8 Å². The number of hydrogen-bond acceptors (Lipinski definition) is 3. The highest BCUT2D eigenvalue weighted by molar-refractivity contribution is 7.96. The van der Waals surface area contributed by atoms with Crippen molar-refractivity contribution in [3.8, 4) is 0 Å². The zero-order chi connectivity index (χ0) is 13.9. The summed E-state index contributed by atoms with van der Waals surface area (Å²) >= 11 is 0. The van der Waals surface area contributed by atoms with Crippen molar-refractivity contribution in [1.29, 1.82) is 4.78 Å².